The average Bonchev–Trinajstić information content (AvgIpc) is 3.29. The van der Waals surface area contributed by atoms with Gasteiger partial charge in [0.1, 0.15) is 0 Å². The number of rotatable bonds is 7. The van der Waals surface area contributed by atoms with Crippen LogP contribution in [-0.2, 0) is 4.74 Å². The zero-order valence-electron chi connectivity index (χ0n) is 13.8. The third kappa shape index (κ3) is 4.83. The van der Waals surface area contributed by atoms with E-state index in [0.717, 1.165) is 37.2 Å². The fraction of sp³-hybridized carbons (Fsp3) is 0.444. The number of nitrogens with one attached hydrogen (secondary N) is 2. The SMILES string of the molecule is O=C(NCCCC[C@H]1CCCO1)Nc1ccc(-n2ccnc2)cc1. The highest BCUT2D eigenvalue weighted by atomic mass is 16.5. The van der Waals surface area contributed by atoms with E-state index in [4.69, 9.17) is 4.74 Å². The predicted octanol–water partition coefficient (Wildman–Crippen LogP) is 3.34. The highest BCUT2D eigenvalue weighted by Crippen LogP contribution is 2.17. The first kappa shape index (κ1) is 16.5. The molecule has 1 aliphatic rings. The first-order valence-electron chi connectivity index (χ1n) is 8.56. The quantitative estimate of drug-likeness (QED) is 0.766. The number of hydrogen-bond acceptors (Lipinski definition) is 3. The Labute approximate surface area is 142 Å². The molecule has 1 aromatic heterocycles. The van der Waals surface area contributed by atoms with Gasteiger partial charge in [-0.25, -0.2) is 9.78 Å². The Balaban J connectivity index is 1.34. The minimum Gasteiger partial charge on any atom is -0.378 e. The fourth-order valence-electron chi connectivity index (χ4n) is 2.87. The first-order chi connectivity index (χ1) is 11.8. The zero-order valence-corrected chi connectivity index (χ0v) is 13.8. The summed E-state index contributed by atoms with van der Waals surface area (Å²) in [5.74, 6) is 0. The standard InChI is InChI=1S/C18H24N4O2/c23-18(20-10-2-1-4-17-5-3-13-24-17)21-15-6-8-16(9-7-15)22-12-11-19-14-22/h6-9,11-12,14,17H,1-5,10,13H2,(H2,20,21,23)/t17-/m0/s1. The number of unbranched alkanes of at least 4 members (excludes halogenated alkanes) is 1. The van der Waals surface area contributed by atoms with E-state index in [1.54, 1.807) is 12.5 Å². The number of aromatic nitrogens is 2. The van der Waals surface area contributed by atoms with Gasteiger partial charge in [0, 0.05) is 36.9 Å². The molecule has 0 radical (unpaired) electrons. The molecule has 1 fully saturated rings. The zero-order chi connectivity index (χ0) is 16.6. The fourth-order valence-corrected chi connectivity index (χ4v) is 2.87. The van der Waals surface area contributed by atoms with Crippen molar-refractivity contribution in [2.75, 3.05) is 18.5 Å². The summed E-state index contributed by atoms with van der Waals surface area (Å²) in [5.41, 5.74) is 1.78. The number of amides is 2. The molecule has 0 unspecified atom stereocenters. The van der Waals surface area contributed by atoms with Crippen LogP contribution in [0.25, 0.3) is 5.69 Å². The van der Waals surface area contributed by atoms with Crippen LogP contribution in [0.5, 0.6) is 0 Å². The van der Waals surface area contributed by atoms with Crippen LogP contribution in [0.2, 0.25) is 0 Å². The van der Waals surface area contributed by atoms with Crippen LogP contribution < -0.4 is 10.6 Å². The van der Waals surface area contributed by atoms with Gasteiger partial charge < -0.3 is 19.9 Å². The summed E-state index contributed by atoms with van der Waals surface area (Å²) in [6.45, 7) is 1.59. The van der Waals surface area contributed by atoms with E-state index in [1.165, 1.54) is 12.8 Å². The molecule has 0 aliphatic carbocycles. The first-order valence-corrected chi connectivity index (χ1v) is 8.56. The Bertz CT molecular complexity index is 619. The third-order valence-corrected chi connectivity index (χ3v) is 4.19. The van der Waals surface area contributed by atoms with Gasteiger partial charge in [0.05, 0.1) is 12.4 Å². The van der Waals surface area contributed by atoms with E-state index in [9.17, 15) is 4.79 Å². The summed E-state index contributed by atoms with van der Waals surface area (Å²) in [7, 11) is 0. The van der Waals surface area contributed by atoms with Crippen molar-refractivity contribution < 1.29 is 9.53 Å². The number of carbonyl (C=O) groups excluding carboxylic acids is 1. The van der Waals surface area contributed by atoms with Gasteiger partial charge in [-0.15, -0.1) is 0 Å². The van der Waals surface area contributed by atoms with Crippen molar-refractivity contribution >= 4 is 11.7 Å². The summed E-state index contributed by atoms with van der Waals surface area (Å²) >= 11 is 0. The minimum absolute atomic E-state index is 0.164. The summed E-state index contributed by atoms with van der Waals surface area (Å²) in [6.07, 6.45) is 11.3. The van der Waals surface area contributed by atoms with Crippen LogP contribution in [0.1, 0.15) is 32.1 Å². The van der Waals surface area contributed by atoms with Gasteiger partial charge in [-0.05, 0) is 56.4 Å². The molecular weight excluding hydrogens is 304 g/mol. The Morgan fingerprint density at radius 1 is 1.29 bits per heavy atom. The van der Waals surface area contributed by atoms with Gasteiger partial charge in [0.2, 0.25) is 0 Å². The Kier molecular flexibility index (Phi) is 5.85. The summed E-state index contributed by atoms with van der Waals surface area (Å²) in [5, 5.41) is 5.74. The Morgan fingerprint density at radius 3 is 2.88 bits per heavy atom. The second-order valence-corrected chi connectivity index (χ2v) is 6.03. The Hall–Kier alpha value is -2.34. The van der Waals surface area contributed by atoms with Gasteiger partial charge in [0.15, 0.2) is 0 Å². The maximum absolute atomic E-state index is 11.9. The molecule has 2 heterocycles. The van der Waals surface area contributed by atoms with Gasteiger partial charge in [0.25, 0.3) is 0 Å². The van der Waals surface area contributed by atoms with Crippen molar-refractivity contribution in [3.63, 3.8) is 0 Å². The van der Waals surface area contributed by atoms with Crippen LogP contribution in [0.4, 0.5) is 10.5 Å². The van der Waals surface area contributed by atoms with Gasteiger partial charge in [-0.2, -0.15) is 0 Å². The number of ether oxygens (including phenoxy) is 1. The van der Waals surface area contributed by atoms with Crippen molar-refractivity contribution in [3.8, 4) is 5.69 Å². The molecule has 6 nitrogen and oxygen atoms in total. The van der Waals surface area contributed by atoms with Crippen molar-refractivity contribution in [2.45, 2.75) is 38.2 Å². The second kappa shape index (κ2) is 8.49. The summed E-state index contributed by atoms with van der Waals surface area (Å²) in [6, 6.07) is 7.48. The lowest BCUT2D eigenvalue weighted by molar-refractivity contribution is 0.102. The molecule has 1 atom stereocenters. The Morgan fingerprint density at radius 2 is 2.17 bits per heavy atom. The molecule has 6 heteroatoms. The molecular formula is C18H24N4O2. The van der Waals surface area contributed by atoms with E-state index in [1.807, 2.05) is 35.0 Å². The molecule has 2 N–H and O–H groups in total. The van der Waals surface area contributed by atoms with E-state index in [-0.39, 0.29) is 6.03 Å². The molecule has 0 saturated carbocycles. The minimum atomic E-state index is -0.164. The average molecular weight is 328 g/mol. The number of imidazole rings is 1. The lowest BCUT2D eigenvalue weighted by Crippen LogP contribution is -2.29. The normalized spacial score (nSPS) is 16.9. The molecule has 128 valence electrons. The lowest BCUT2D eigenvalue weighted by atomic mass is 10.1. The van der Waals surface area contributed by atoms with Crippen LogP contribution >= 0.6 is 0 Å². The predicted molar refractivity (Wildman–Crippen MR) is 93.4 cm³/mol. The molecule has 0 spiro atoms. The van der Waals surface area contributed by atoms with Gasteiger partial charge >= 0.3 is 6.03 Å². The molecule has 2 aromatic rings. The molecule has 2 amide bonds. The number of benzene rings is 1. The van der Waals surface area contributed by atoms with Crippen LogP contribution in [-0.4, -0.2) is 34.8 Å². The highest BCUT2D eigenvalue weighted by molar-refractivity contribution is 5.89. The highest BCUT2D eigenvalue weighted by Gasteiger charge is 2.14. The van der Waals surface area contributed by atoms with Crippen LogP contribution in [0, 0.1) is 0 Å². The number of hydrogen-bond donors (Lipinski definition) is 2. The summed E-state index contributed by atoms with van der Waals surface area (Å²) in [4.78, 5) is 15.9. The number of nitrogens with zero attached hydrogens (tertiary/aromatic N) is 2. The van der Waals surface area contributed by atoms with E-state index < -0.39 is 0 Å². The summed E-state index contributed by atoms with van der Waals surface area (Å²) < 4.78 is 7.51. The van der Waals surface area contributed by atoms with Crippen LogP contribution in [0.3, 0.4) is 0 Å². The topological polar surface area (TPSA) is 68.2 Å². The van der Waals surface area contributed by atoms with Crippen molar-refractivity contribution in [1.29, 1.82) is 0 Å². The maximum Gasteiger partial charge on any atom is 0.319 e. The van der Waals surface area contributed by atoms with Gasteiger partial charge in [-0.1, -0.05) is 0 Å². The molecule has 24 heavy (non-hydrogen) atoms. The maximum atomic E-state index is 11.9. The third-order valence-electron chi connectivity index (χ3n) is 4.19. The molecule has 1 saturated heterocycles. The lowest BCUT2D eigenvalue weighted by Gasteiger charge is -2.10. The van der Waals surface area contributed by atoms with E-state index in [0.29, 0.717) is 12.6 Å². The number of anilines is 1. The van der Waals surface area contributed by atoms with E-state index >= 15 is 0 Å². The smallest absolute Gasteiger partial charge is 0.319 e. The number of carbonyl (C=O) groups is 1. The number of urea groups is 1. The molecule has 0 bridgehead atoms. The van der Waals surface area contributed by atoms with Crippen LogP contribution in [0.15, 0.2) is 43.0 Å². The van der Waals surface area contributed by atoms with Crippen molar-refractivity contribution in [2.24, 2.45) is 0 Å². The van der Waals surface area contributed by atoms with E-state index in [2.05, 4.69) is 15.6 Å². The monoisotopic (exact) mass is 328 g/mol. The van der Waals surface area contributed by atoms with Gasteiger partial charge in [-0.3, -0.25) is 0 Å². The van der Waals surface area contributed by atoms with Crippen molar-refractivity contribution in [1.82, 2.24) is 14.9 Å². The molecule has 1 aromatic carbocycles. The molecule has 3 rings (SSSR count). The van der Waals surface area contributed by atoms with Crippen molar-refractivity contribution in [3.05, 3.63) is 43.0 Å². The largest absolute Gasteiger partial charge is 0.378 e. The second-order valence-electron chi connectivity index (χ2n) is 6.03. The molecule has 1 aliphatic heterocycles.